The van der Waals surface area contributed by atoms with E-state index >= 15 is 0 Å². The van der Waals surface area contributed by atoms with Gasteiger partial charge >= 0.3 is 0 Å². The zero-order valence-corrected chi connectivity index (χ0v) is 37.7. The quantitative estimate of drug-likeness (QED) is 0.167. The van der Waals surface area contributed by atoms with E-state index < -0.39 is 0 Å². The van der Waals surface area contributed by atoms with Crippen molar-refractivity contribution in [1.29, 1.82) is 0 Å². The highest BCUT2D eigenvalue weighted by Crippen LogP contribution is 2.53. The summed E-state index contributed by atoms with van der Waals surface area (Å²) in [5.41, 5.74) is 18.5. The number of furan rings is 2. The van der Waals surface area contributed by atoms with Gasteiger partial charge in [0.2, 0.25) is 0 Å². The first-order valence-electron chi connectivity index (χ1n) is 23.0. The molecular formula is C63H41NO2S. The van der Waals surface area contributed by atoms with Crippen molar-refractivity contribution in [2.75, 3.05) is 4.90 Å². The van der Waals surface area contributed by atoms with Crippen LogP contribution in [-0.4, -0.2) is 0 Å². The predicted octanol–water partition coefficient (Wildman–Crippen LogP) is 18.6. The molecule has 0 bridgehead atoms. The minimum Gasteiger partial charge on any atom is -0.456 e. The molecule has 0 saturated heterocycles. The molecule has 316 valence electrons. The average Bonchev–Trinajstić information content (AvgIpc) is 4.12. The number of fused-ring (bicyclic) bond motifs is 12. The molecule has 3 heterocycles. The van der Waals surface area contributed by atoms with Crippen molar-refractivity contribution in [2.45, 2.75) is 19.3 Å². The molecule has 10 aromatic carbocycles. The molecule has 0 N–H and O–H groups in total. The van der Waals surface area contributed by atoms with E-state index in [2.05, 4.69) is 225 Å². The number of nitrogens with zero attached hydrogens (tertiary/aromatic N) is 1. The van der Waals surface area contributed by atoms with Crippen LogP contribution in [0.5, 0.6) is 0 Å². The largest absolute Gasteiger partial charge is 0.456 e. The third-order valence-corrected chi connectivity index (χ3v) is 15.5. The Morgan fingerprint density at radius 3 is 1.87 bits per heavy atom. The third kappa shape index (κ3) is 5.70. The van der Waals surface area contributed by atoms with Crippen molar-refractivity contribution >= 4 is 92.4 Å². The van der Waals surface area contributed by atoms with Crippen LogP contribution in [-0.2, 0) is 5.41 Å². The topological polar surface area (TPSA) is 29.5 Å². The summed E-state index contributed by atoms with van der Waals surface area (Å²) in [6, 6.07) is 76.9. The van der Waals surface area contributed by atoms with Gasteiger partial charge in [-0.25, -0.2) is 0 Å². The molecule has 0 unspecified atom stereocenters. The first kappa shape index (κ1) is 38.1. The molecule has 0 spiro atoms. The van der Waals surface area contributed by atoms with Crippen molar-refractivity contribution < 1.29 is 8.83 Å². The van der Waals surface area contributed by atoms with Crippen LogP contribution in [0.1, 0.15) is 25.0 Å². The van der Waals surface area contributed by atoms with Crippen LogP contribution in [0, 0.1) is 0 Å². The van der Waals surface area contributed by atoms with Gasteiger partial charge in [0.25, 0.3) is 0 Å². The smallest absolute Gasteiger partial charge is 0.144 e. The van der Waals surface area contributed by atoms with Gasteiger partial charge in [-0.05, 0) is 111 Å². The van der Waals surface area contributed by atoms with Gasteiger partial charge in [-0.2, -0.15) is 0 Å². The summed E-state index contributed by atoms with van der Waals surface area (Å²) in [6.45, 7) is 4.69. The summed E-state index contributed by atoms with van der Waals surface area (Å²) in [5.74, 6) is 0. The summed E-state index contributed by atoms with van der Waals surface area (Å²) < 4.78 is 16.6. The highest BCUT2D eigenvalue weighted by molar-refractivity contribution is 7.26. The van der Waals surface area contributed by atoms with Gasteiger partial charge < -0.3 is 13.7 Å². The summed E-state index contributed by atoms with van der Waals surface area (Å²) in [5, 5.41) is 6.78. The molecule has 0 saturated carbocycles. The fraction of sp³-hybridized carbons (Fsp3) is 0.0476. The first-order chi connectivity index (χ1) is 33.0. The standard InChI is InChI=1S/C63H41NO2S/c1-63(2)51-21-9-6-16-45(51)46-35-30-41(36-52(46)63)58-60-49-18-7-10-23-54(49)65-56(60)37-50-59-53(22-13-24-55(59)66-61(50)58)64(42-31-26-39(27-32-42)38-14-4-3-5-15-38)43-33-28-40(29-34-43)44-19-12-20-48-47-17-8-11-25-57(47)67-62(44)48/h3-37H,1-2H3. The maximum Gasteiger partial charge on any atom is 0.144 e. The third-order valence-electron chi connectivity index (χ3n) is 14.3. The molecule has 0 amide bonds. The molecule has 67 heavy (non-hydrogen) atoms. The van der Waals surface area contributed by atoms with Crippen LogP contribution in [0.3, 0.4) is 0 Å². The normalized spacial score (nSPS) is 13.0. The van der Waals surface area contributed by atoms with Crippen molar-refractivity contribution in [3.05, 3.63) is 223 Å². The number of rotatable bonds is 6. The van der Waals surface area contributed by atoms with Crippen LogP contribution in [0.4, 0.5) is 17.1 Å². The Morgan fingerprint density at radius 2 is 1.03 bits per heavy atom. The zero-order valence-electron chi connectivity index (χ0n) is 36.9. The second kappa shape index (κ2) is 14.4. The Labute approximate surface area is 391 Å². The van der Waals surface area contributed by atoms with Gasteiger partial charge in [0.15, 0.2) is 0 Å². The minimum absolute atomic E-state index is 0.162. The monoisotopic (exact) mass is 875 g/mol. The van der Waals surface area contributed by atoms with E-state index in [4.69, 9.17) is 8.83 Å². The lowest BCUT2D eigenvalue weighted by Gasteiger charge is -2.26. The van der Waals surface area contributed by atoms with E-state index in [1.54, 1.807) is 0 Å². The lowest BCUT2D eigenvalue weighted by molar-refractivity contribution is 0.660. The van der Waals surface area contributed by atoms with E-state index in [-0.39, 0.29) is 5.41 Å². The number of thiophene rings is 1. The second-order valence-electron chi connectivity index (χ2n) is 18.4. The van der Waals surface area contributed by atoms with E-state index in [1.165, 1.54) is 64.7 Å². The van der Waals surface area contributed by atoms with Gasteiger partial charge in [-0.15, -0.1) is 11.3 Å². The second-order valence-corrected chi connectivity index (χ2v) is 19.4. The zero-order chi connectivity index (χ0) is 44.4. The Morgan fingerprint density at radius 1 is 0.403 bits per heavy atom. The molecule has 1 aliphatic carbocycles. The van der Waals surface area contributed by atoms with Gasteiger partial charge in [0, 0.05) is 58.7 Å². The lowest BCUT2D eigenvalue weighted by Crippen LogP contribution is -2.14. The molecule has 4 heteroatoms. The summed E-state index contributed by atoms with van der Waals surface area (Å²) in [4.78, 5) is 2.38. The van der Waals surface area contributed by atoms with Gasteiger partial charge in [0.05, 0.1) is 11.1 Å². The number of hydrogen-bond donors (Lipinski definition) is 0. The van der Waals surface area contributed by atoms with E-state index in [0.717, 1.165) is 72.1 Å². The highest BCUT2D eigenvalue weighted by atomic mass is 32.1. The highest BCUT2D eigenvalue weighted by Gasteiger charge is 2.36. The van der Waals surface area contributed by atoms with Crippen LogP contribution in [0.25, 0.3) is 109 Å². The minimum atomic E-state index is -0.162. The Hall–Kier alpha value is -8.18. The van der Waals surface area contributed by atoms with Gasteiger partial charge in [-0.3, -0.25) is 0 Å². The molecular weight excluding hydrogens is 835 g/mol. The number of para-hydroxylation sites is 1. The molecule has 13 aromatic rings. The molecule has 3 aromatic heterocycles. The average molecular weight is 876 g/mol. The first-order valence-corrected chi connectivity index (χ1v) is 23.8. The lowest BCUT2D eigenvalue weighted by atomic mass is 9.81. The van der Waals surface area contributed by atoms with Gasteiger partial charge in [0.1, 0.15) is 22.3 Å². The molecule has 3 nitrogen and oxygen atoms in total. The SMILES string of the molecule is CC1(C)c2ccccc2-c2ccc(-c3c4oc5cccc(N(c6ccc(-c7ccccc7)cc6)c6ccc(-c7cccc8c7sc7ccccc78)cc6)c5c4cc4oc5ccccc5c34)cc21. The summed E-state index contributed by atoms with van der Waals surface area (Å²) >= 11 is 1.87. The fourth-order valence-electron chi connectivity index (χ4n) is 11.1. The molecule has 0 radical (unpaired) electrons. The Balaban J connectivity index is 0.993. The van der Waals surface area contributed by atoms with Crippen LogP contribution < -0.4 is 4.90 Å². The molecule has 0 atom stereocenters. The summed E-state index contributed by atoms with van der Waals surface area (Å²) in [7, 11) is 0. The van der Waals surface area contributed by atoms with E-state index in [1.807, 2.05) is 17.4 Å². The van der Waals surface area contributed by atoms with Crippen molar-refractivity contribution in [3.8, 4) is 44.5 Å². The van der Waals surface area contributed by atoms with Crippen LogP contribution in [0.2, 0.25) is 0 Å². The van der Waals surface area contributed by atoms with Gasteiger partial charge in [-0.1, -0.05) is 166 Å². The van der Waals surface area contributed by atoms with E-state index in [9.17, 15) is 0 Å². The summed E-state index contributed by atoms with van der Waals surface area (Å²) in [6.07, 6.45) is 0. The molecule has 0 fully saturated rings. The van der Waals surface area contributed by atoms with Crippen LogP contribution in [0.15, 0.2) is 221 Å². The fourth-order valence-corrected chi connectivity index (χ4v) is 12.3. The number of benzene rings is 10. The Bertz CT molecular complexity index is 4110. The molecule has 0 aliphatic heterocycles. The Kier molecular flexibility index (Phi) is 8.20. The van der Waals surface area contributed by atoms with Crippen LogP contribution >= 0.6 is 11.3 Å². The molecule has 1 aliphatic rings. The van der Waals surface area contributed by atoms with Crippen molar-refractivity contribution in [3.63, 3.8) is 0 Å². The predicted molar refractivity (Wildman–Crippen MR) is 282 cm³/mol. The maximum absolute atomic E-state index is 7.21. The number of anilines is 3. The van der Waals surface area contributed by atoms with Crippen molar-refractivity contribution in [2.24, 2.45) is 0 Å². The van der Waals surface area contributed by atoms with Crippen molar-refractivity contribution in [1.82, 2.24) is 0 Å². The molecule has 14 rings (SSSR count). The van der Waals surface area contributed by atoms with E-state index in [0.29, 0.717) is 0 Å². The number of hydrogen-bond acceptors (Lipinski definition) is 4. The maximum atomic E-state index is 7.21.